The number of primary amides is 1. The normalized spacial score (nSPS) is 18.9. The Balaban J connectivity index is 2.05. The van der Waals surface area contributed by atoms with Crippen LogP contribution >= 0.6 is 0 Å². The van der Waals surface area contributed by atoms with E-state index in [0.29, 0.717) is 18.7 Å². The lowest BCUT2D eigenvalue weighted by molar-refractivity contribution is -0.384. The summed E-state index contributed by atoms with van der Waals surface area (Å²) in [5.74, 6) is -0.489. The molecule has 2 amide bonds. The molecular weight excluding hydrogens is 262 g/mol. The number of anilines is 1. The highest BCUT2D eigenvalue weighted by Gasteiger charge is 2.27. The number of hydrogen-bond donors (Lipinski definition) is 1. The standard InChI is InChI=1S/C13H15N3O4/c14-12(17)7-9-5-6-15(13(18)8-9)10-1-3-11(4-2-10)16(19)20/h1-4,9H,5-8H2,(H2,14,17). The number of hydrogen-bond acceptors (Lipinski definition) is 4. The summed E-state index contributed by atoms with van der Waals surface area (Å²) in [6.07, 6.45) is 1.20. The van der Waals surface area contributed by atoms with Crippen molar-refractivity contribution >= 4 is 23.2 Å². The average Bonchev–Trinajstić information content (AvgIpc) is 2.38. The summed E-state index contributed by atoms with van der Waals surface area (Å²) in [7, 11) is 0. The molecule has 1 aliphatic rings. The highest BCUT2D eigenvalue weighted by Crippen LogP contribution is 2.27. The van der Waals surface area contributed by atoms with Crippen molar-refractivity contribution in [1.82, 2.24) is 0 Å². The minimum absolute atomic E-state index is 0.00528. The number of carbonyl (C=O) groups excluding carboxylic acids is 2. The largest absolute Gasteiger partial charge is 0.370 e. The topological polar surface area (TPSA) is 107 Å². The third-order valence-corrected chi connectivity index (χ3v) is 3.39. The molecule has 1 fully saturated rings. The SMILES string of the molecule is NC(=O)CC1CCN(c2ccc([N+](=O)[O-])cc2)C(=O)C1. The number of nitrogens with zero attached hydrogens (tertiary/aromatic N) is 2. The van der Waals surface area contributed by atoms with Gasteiger partial charge in [-0.25, -0.2) is 0 Å². The number of piperidine rings is 1. The molecule has 0 radical (unpaired) electrons. The summed E-state index contributed by atoms with van der Waals surface area (Å²) >= 11 is 0. The number of benzene rings is 1. The van der Waals surface area contributed by atoms with Crippen LogP contribution in [-0.2, 0) is 9.59 Å². The van der Waals surface area contributed by atoms with Gasteiger partial charge < -0.3 is 10.6 Å². The Bertz CT molecular complexity index is 541. The molecule has 1 atom stereocenters. The van der Waals surface area contributed by atoms with E-state index in [1.54, 1.807) is 17.0 Å². The third-order valence-electron chi connectivity index (χ3n) is 3.39. The van der Waals surface area contributed by atoms with Gasteiger partial charge in [-0.3, -0.25) is 19.7 Å². The highest BCUT2D eigenvalue weighted by molar-refractivity contribution is 5.94. The van der Waals surface area contributed by atoms with E-state index in [2.05, 4.69) is 0 Å². The summed E-state index contributed by atoms with van der Waals surface area (Å²) in [6, 6.07) is 5.87. The molecule has 7 heteroatoms. The number of nitrogens with two attached hydrogens (primary N) is 1. The Hall–Kier alpha value is -2.44. The van der Waals surface area contributed by atoms with Crippen molar-refractivity contribution in [2.45, 2.75) is 19.3 Å². The van der Waals surface area contributed by atoms with Gasteiger partial charge in [0.1, 0.15) is 0 Å². The molecular formula is C13H15N3O4. The van der Waals surface area contributed by atoms with Gasteiger partial charge in [0.05, 0.1) is 4.92 Å². The van der Waals surface area contributed by atoms with E-state index in [4.69, 9.17) is 5.73 Å². The number of rotatable bonds is 4. The average molecular weight is 277 g/mol. The molecule has 1 unspecified atom stereocenters. The summed E-state index contributed by atoms with van der Waals surface area (Å²) in [5, 5.41) is 10.6. The summed E-state index contributed by atoms with van der Waals surface area (Å²) in [4.78, 5) is 34.6. The lowest BCUT2D eigenvalue weighted by atomic mass is 9.92. The molecule has 1 aromatic carbocycles. The maximum Gasteiger partial charge on any atom is 0.269 e. The first-order valence-electron chi connectivity index (χ1n) is 6.30. The second-order valence-corrected chi connectivity index (χ2v) is 4.85. The van der Waals surface area contributed by atoms with Crippen molar-refractivity contribution in [3.05, 3.63) is 34.4 Å². The van der Waals surface area contributed by atoms with E-state index in [-0.39, 0.29) is 30.4 Å². The van der Waals surface area contributed by atoms with E-state index < -0.39 is 10.8 Å². The minimum Gasteiger partial charge on any atom is -0.370 e. The van der Waals surface area contributed by atoms with Gasteiger partial charge >= 0.3 is 0 Å². The fourth-order valence-electron chi connectivity index (χ4n) is 2.38. The molecule has 0 saturated carbocycles. The molecule has 1 aliphatic heterocycles. The van der Waals surface area contributed by atoms with E-state index in [0.717, 1.165) is 0 Å². The van der Waals surface area contributed by atoms with E-state index >= 15 is 0 Å². The van der Waals surface area contributed by atoms with Gasteiger partial charge in [0.2, 0.25) is 11.8 Å². The molecule has 1 saturated heterocycles. The predicted molar refractivity (Wildman–Crippen MR) is 72.0 cm³/mol. The predicted octanol–water partition coefficient (Wildman–Crippen LogP) is 1.21. The van der Waals surface area contributed by atoms with Crippen LogP contribution in [0.2, 0.25) is 0 Å². The Morgan fingerprint density at radius 3 is 2.55 bits per heavy atom. The van der Waals surface area contributed by atoms with Crippen LogP contribution in [-0.4, -0.2) is 23.3 Å². The maximum absolute atomic E-state index is 12.0. The van der Waals surface area contributed by atoms with Crippen LogP contribution in [0.3, 0.4) is 0 Å². The number of amides is 2. The smallest absolute Gasteiger partial charge is 0.269 e. The summed E-state index contributed by atoms with van der Waals surface area (Å²) in [5.41, 5.74) is 5.76. The second kappa shape index (κ2) is 5.68. The minimum atomic E-state index is -0.481. The Morgan fingerprint density at radius 1 is 1.40 bits per heavy atom. The first kappa shape index (κ1) is 14.0. The Morgan fingerprint density at radius 2 is 2.05 bits per heavy atom. The van der Waals surface area contributed by atoms with Gasteiger partial charge in [-0.05, 0) is 24.5 Å². The summed E-state index contributed by atoms with van der Waals surface area (Å²) in [6.45, 7) is 0.495. The van der Waals surface area contributed by atoms with Gasteiger partial charge in [0.15, 0.2) is 0 Å². The van der Waals surface area contributed by atoms with Gasteiger partial charge in [-0.1, -0.05) is 0 Å². The van der Waals surface area contributed by atoms with Crippen LogP contribution in [0.5, 0.6) is 0 Å². The lowest BCUT2D eigenvalue weighted by Gasteiger charge is -2.31. The molecule has 7 nitrogen and oxygen atoms in total. The zero-order valence-corrected chi connectivity index (χ0v) is 10.8. The quantitative estimate of drug-likeness (QED) is 0.659. The lowest BCUT2D eigenvalue weighted by Crippen LogP contribution is -2.39. The van der Waals surface area contributed by atoms with Gasteiger partial charge in [0, 0.05) is 37.2 Å². The molecule has 0 spiro atoms. The molecule has 0 aromatic heterocycles. The molecule has 0 bridgehead atoms. The van der Waals surface area contributed by atoms with E-state index in [9.17, 15) is 19.7 Å². The molecule has 1 heterocycles. The maximum atomic E-state index is 12.0. The van der Waals surface area contributed by atoms with E-state index in [1.807, 2.05) is 0 Å². The molecule has 2 rings (SSSR count). The van der Waals surface area contributed by atoms with Crippen molar-refractivity contribution in [3.63, 3.8) is 0 Å². The molecule has 0 aliphatic carbocycles. The van der Waals surface area contributed by atoms with Gasteiger partial charge in [0.25, 0.3) is 5.69 Å². The van der Waals surface area contributed by atoms with Crippen molar-refractivity contribution in [3.8, 4) is 0 Å². The van der Waals surface area contributed by atoms with Crippen LogP contribution < -0.4 is 10.6 Å². The monoisotopic (exact) mass is 277 g/mol. The number of non-ortho nitro benzene ring substituents is 1. The highest BCUT2D eigenvalue weighted by atomic mass is 16.6. The molecule has 2 N–H and O–H groups in total. The fraction of sp³-hybridized carbons (Fsp3) is 0.385. The summed E-state index contributed by atoms with van der Waals surface area (Å²) < 4.78 is 0. The van der Waals surface area contributed by atoms with Crippen LogP contribution in [0.1, 0.15) is 19.3 Å². The van der Waals surface area contributed by atoms with Crippen molar-refractivity contribution in [2.24, 2.45) is 11.7 Å². The number of nitro groups is 1. The number of carbonyl (C=O) groups is 2. The Labute approximate surface area is 115 Å². The van der Waals surface area contributed by atoms with Crippen molar-refractivity contribution in [2.75, 3.05) is 11.4 Å². The van der Waals surface area contributed by atoms with E-state index in [1.165, 1.54) is 12.1 Å². The van der Waals surface area contributed by atoms with Gasteiger partial charge in [-0.15, -0.1) is 0 Å². The fourth-order valence-corrected chi connectivity index (χ4v) is 2.38. The molecule has 1 aromatic rings. The second-order valence-electron chi connectivity index (χ2n) is 4.85. The zero-order valence-electron chi connectivity index (χ0n) is 10.8. The van der Waals surface area contributed by atoms with Crippen molar-refractivity contribution in [1.29, 1.82) is 0 Å². The first-order chi connectivity index (χ1) is 9.47. The van der Waals surface area contributed by atoms with Gasteiger partial charge in [-0.2, -0.15) is 0 Å². The Kier molecular flexibility index (Phi) is 3.97. The van der Waals surface area contributed by atoms with Crippen LogP contribution in [0.25, 0.3) is 0 Å². The zero-order chi connectivity index (χ0) is 14.7. The first-order valence-corrected chi connectivity index (χ1v) is 6.30. The third kappa shape index (κ3) is 3.11. The van der Waals surface area contributed by atoms with Crippen molar-refractivity contribution < 1.29 is 14.5 Å². The molecule has 20 heavy (non-hydrogen) atoms. The van der Waals surface area contributed by atoms with Crippen LogP contribution in [0.4, 0.5) is 11.4 Å². The molecule has 106 valence electrons. The van der Waals surface area contributed by atoms with Crippen LogP contribution in [0.15, 0.2) is 24.3 Å². The number of nitro benzene ring substituents is 1. The van der Waals surface area contributed by atoms with Crippen LogP contribution in [0, 0.1) is 16.0 Å².